The highest BCUT2D eigenvalue weighted by atomic mass is 14.8. The first-order valence-corrected chi connectivity index (χ1v) is 10.8. The molecular weight excluding hydrogens is 378 g/mol. The summed E-state index contributed by atoms with van der Waals surface area (Å²) in [6.07, 6.45) is 9.11. The maximum Gasteiger partial charge on any atom is 0.0459 e. The lowest BCUT2D eigenvalue weighted by atomic mass is 9.79. The Balaban J connectivity index is 1.49. The van der Waals surface area contributed by atoms with Gasteiger partial charge in [0.15, 0.2) is 0 Å². The van der Waals surface area contributed by atoms with Crippen LogP contribution in [0.25, 0.3) is 32.7 Å². The molecule has 6 aromatic rings. The molecule has 0 aliphatic heterocycles. The zero-order chi connectivity index (χ0) is 20.4. The van der Waals surface area contributed by atoms with Crippen LogP contribution in [0.15, 0.2) is 97.3 Å². The Bertz CT molecular complexity index is 1610. The molecule has 0 radical (unpaired) electrons. The molecule has 1 aliphatic rings. The summed E-state index contributed by atoms with van der Waals surface area (Å²) in [5, 5.41) is 3.88. The predicted molar refractivity (Wildman–Crippen MR) is 128 cm³/mol. The predicted octanol–water partition coefficient (Wildman–Crippen LogP) is 6.96. The molecule has 0 saturated carbocycles. The Morgan fingerprint density at radius 2 is 1.03 bits per heavy atom. The molecule has 3 aromatic heterocycles. The number of hydrogen-bond acceptors (Lipinski definition) is 0. The first-order valence-electron chi connectivity index (χ1n) is 10.8. The Morgan fingerprint density at radius 3 is 1.71 bits per heavy atom. The third-order valence-electron chi connectivity index (χ3n) is 6.81. The number of rotatable bonds is 2. The molecule has 1 aliphatic carbocycles. The van der Waals surface area contributed by atoms with Gasteiger partial charge >= 0.3 is 0 Å². The smallest absolute Gasteiger partial charge is 0.0459 e. The number of hydrogen-bond donors (Lipinski definition) is 3. The summed E-state index contributed by atoms with van der Waals surface area (Å²) >= 11 is 0. The minimum atomic E-state index is 0.194. The van der Waals surface area contributed by atoms with Crippen LogP contribution in [-0.2, 0) is 0 Å². The van der Waals surface area contributed by atoms with Crippen LogP contribution in [0.2, 0.25) is 0 Å². The zero-order valence-corrected chi connectivity index (χ0v) is 16.9. The molecule has 3 heteroatoms. The van der Waals surface area contributed by atoms with Crippen LogP contribution in [0.3, 0.4) is 0 Å². The Morgan fingerprint density at radius 1 is 0.516 bits per heavy atom. The van der Waals surface area contributed by atoms with Gasteiger partial charge in [0.2, 0.25) is 0 Å². The molecule has 0 amide bonds. The summed E-state index contributed by atoms with van der Waals surface area (Å²) in [5.74, 6) is 0.406. The first-order chi connectivity index (χ1) is 15.4. The fourth-order valence-corrected chi connectivity index (χ4v) is 5.40. The zero-order valence-electron chi connectivity index (χ0n) is 16.9. The first kappa shape index (κ1) is 16.8. The standard InChI is InChI=1S/C28H21N3/c1-4-10-24-17(7-1)22(15-29-24)19-13-14-20(23-16-30-25-11-5-2-8-18(23)25)28-27(19)21-9-3-6-12-26(21)31-28/h1-16,19-20,29-31H/t19-,20-/m1/s1. The van der Waals surface area contributed by atoms with Crippen molar-refractivity contribution in [2.24, 2.45) is 0 Å². The Kier molecular flexibility index (Phi) is 3.39. The maximum absolute atomic E-state index is 3.78. The van der Waals surface area contributed by atoms with Gasteiger partial charge in [0.05, 0.1) is 0 Å². The molecule has 2 atom stereocenters. The second kappa shape index (κ2) is 6.26. The highest BCUT2D eigenvalue weighted by Crippen LogP contribution is 2.46. The number of fused-ring (bicyclic) bond motifs is 5. The number of aromatic amines is 3. The van der Waals surface area contributed by atoms with Crippen molar-refractivity contribution in [1.82, 2.24) is 15.0 Å². The molecule has 0 spiro atoms. The monoisotopic (exact) mass is 399 g/mol. The topological polar surface area (TPSA) is 47.4 Å². The molecule has 3 nitrogen and oxygen atoms in total. The van der Waals surface area contributed by atoms with Gasteiger partial charge in [-0.05, 0) is 34.9 Å². The van der Waals surface area contributed by atoms with Crippen molar-refractivity contribution in [2.75, 3.05) is 0 Å². The Hall–Kier alpha value is -3.98. The quantitative estimate of drug-likeness (QED) is 0.264. The van der Waals surface area contributed by atoms with Gasteiger partial charge in [0.1, 0.15) is 0 Å². The molecule has 148 valence electrons. The van der Waals surface area contributed by atoms with E-state index in [-0.39, 0.29) is 11.8 Å². The second-order valence-electron chi connectivity index (χ2n) is 8.42. The average Bonchev–Trinajstić information content (AvgIpc) is 3.53. The third-order valence-corrected chi connectivity index (χ3v) is 6.81. The second-order valence-corrected chi connectivity index (χ2v) is 8.42. The number of allylic oxidation sites excluding steroid dienone is 2. The SMILES string of the molecule is C1=C[C@H](c2c[nH]c3ccccc23)c2[nH]c3ccccc3c2[C@H]1c1c[nH]c2ccccc12. The van der Waals surface area contributed by atoms with Gasteiger partial charge in [-0.3, -0.25) is 0 Å². The van der Waals surface area contributed by atoms with Crippen LogP contribution in [-0.4, -0.2) is 15.0 Å². The summed E-state index contributed by atoms with van der Waals surface area (Å²) in [5.41, 5.74) is 8.90. The molecule has 0 unspecified atom stereocenters. The van der Waals surface area contributed by atoms with Crippen molar-refractivity contribution in [3.63, 3.8) is 0 Å². The molecule has 31 heavy (non-hydrogen) atoms. The summed E-state index contributed by atoms with van der Waals surface area (Å²) in [6.45, 7) is 0. The van der Waals surface area contributed by atoms with Crippen molar-refractivity contribution < 1.29 is 0 Å². The molecular formula is C28H21N3. The summed E-state index contributed by atoms with van der Waals surface area (Å²) in [4.78, 5) is 10.7. The van der Waals surface area contributed by atoms with Crippen molar-refractivity contribution >= 4 is 32.7 Å². The number of nitrogens with one attached hydrogen (secondary N) is 3. The summed E-state index contributed by atoms with van der Waals surface area (Å²) < 4.78 is 0. The van der Waals surface area contributed by atoms with E-state index >= 15 is 0 Å². The van der Waals surface area contributed by atoms with Crippen LogP contribution in [0.4, 0.5) is 0 Å². The summed E-state index contributed by atoms with van der Waals surface area (Å²) in [7, 11) is 0. The lowest BCUT2D eigenvalue weighted by Crippen LogP contribution is -2.10. The van der Waals surface area contributed by atoms with Gasteiger partial charge in [0.25, 0.3) is 0 Å². The highest BCUT2D eigenvalue weighted by molar-refractivity contribution is 5.91. The summed E-state index contributed by atoms with van der Waals surface area (Å²) in [6, 6.07) is 25.8. The van der Waals surface area contributed by atoms with Crippen molar-refractivity contribution in [1.29, 1.82) is 0 Å². The number of H-pyrrole nitrogens is 3. The number of para-hydroxylation sites is 3. The van der Waals surface area contributed by atoms with Gasteiger partial charge in [0, 0.05) is 62.6 Å². The Labute approximate surface area is 179 Å². The van der Waals surface area contributed by atoms with Crippen molar-refractivity contribution in [3.8, 4) is 0 Å². The fraction of sp³-hybridized carbons (Fsp3) is 0.0714. The molecule has 0 saturated heterocycles. The van der Waals surface area contributed by atoms with E-state index in [1.165, 1.54) is 55.1 Å². The maximum atomic E-state index is 3.78. The van der Waals surface area contributed by atoms with E-state index in [0.29, 0.717) is 0 Å². The largest absolute Gasteiger partial charge is 0.361 e. The lowest BCUT2D eigenvalue weighted by molar-refractivity contribution is 0.880. The normalized spacial score (nSPS) is 18.2. The minimum Gasteiger partial charge on any atom is -0.361 e. The van der Waals surface area contributed by atoms with E-state index in [1.54, 1.807) is 0 Å². The van der Waals surface area contributed by atoms with E-state index in [9.17, 15) is 0 Å². The van der Waals surface area contributed by atoms with Crippen LogP contribution in [0, 0.1) is 0 Å². The lowest BCUT2D eigenvalue weighted by Gasteiger charge is -2.24. The van der Waals surface area contributed by atoms with Crippen molar-refractivity contribution in [2.45, 2.75) is 11.8 Å². The number of benzene rings is 3. The van der Waals surface area contributed by atoms with E-state index in [0.717, 1.165) is 0 Å². The molecule has 3 N–H and O–H groups in total. The van der Waals surface area contributed by atoms with Gasteiger partial charge in [-0.1, -0.05) is 66.7 Å². The van der Waals surface area contributed by atoms with Gasteiger partial charge in [-0.15, -0.1) is 0 Å². The average molecular weight is 399 g/mol. The molecule has 3 aromatic carbocycles. The molecule has 0 bridgehead atoms. The van der Waals surface area contributed by atoms with E-state index in [4.69, 9.17) is 0 Å². The van der Waals surface area contributed by atoms with Gasteiger partial charge < -0.3 is 15.0 Å². The van der Waals surface area contributed by atoms with Crippen LogP contribution in [0.5, 0.6) is 0 Å². The van der Waals surface area contributed by atoms with E-state index in [2.05, 4.69) is 112 Å². The molecule has 3 heterocycles. The van der Waals surface area contributed by atoms with Gasteiger partial charge in [-0.25, -0.2) is 0 Å². The highest BCUT2D eigenvalue weighted by Gasteiger charge is 2.31. The van der Waals surface area contributed by atoms with Crippen LogP contribution in [0.1, 0.15) is 34.2 Å². The van der Waals surface area contributed by atoms with Crippen LogP contribution < -0.4 is 0 Å². The van der Waals surface area contributed by atoms with E-state index in [1.807, 2.05) is 0 Å². The van der Waals surface area contributed by atoms with Gasteiger partial charge in [-0.2, -0.15) is 0 Å². The van der Waals surface area contributed by atoms with Crippen molar-refractivity contribution in [3.05, 3.63) is 120 Å². The van der Waals surface area contributed by atoms with E-state index < -0.39 is 0 Å². The molecule has 7 rings (SSSR count). The molecule has 0 fully saturated rings. The number of aromatic nitrogens is 3. The fourth-order valence-electron chi connectivity index (χ4n) is 5.40. The minimum absolute atomic E-state index is 0.194. The third kappa shape index (κ3) is 2.34. The van der Waals surface area contributed by atoms with Crippen LogP contribution >= 0.6 is 0 Å².